The molecule has 0 radical (unpaired) electrons. The second-order valence-electron chi connectivity index (χ2n) is 4.73. The van der Waals surface area contributed by atoms with Crippen molar-refractivity contribution >= 4 is 27.5 Å². The van der Waals surface area contributed by atoms with Gasteiger partial charge in [-0.25, -0.2) is 4.98 Å². The third-order valence-corrected chi connectivity index (χ3v) is 4.45. The number of anilines is 1. The van der Waals surface area contributed by atoms with E-state index in [4.69, 9.17) is 5.73 Å². The lowest BCUT2D eigenvalue weighted by atomic mass is 10.1. The molecule has 0 aliphatic heterocycles. The summed E-state index contributed by atoms with van der Waals surface area (Å²) in [5.41, 5.74) is 10.2. The summed E-state index contributed by atoms with van der Waals surface area (Å²) in [6, 6.07) is 13.4. The van der Waals surface area contributed by atoms with Crippen LogP contribution in [0.2, 0.25) is 0 Å². The molecule has 3 N–H and O–H groups in total. The fourth-order valence-corrected chi connectivity index (χ4v) is 3.26. The quantitative estimate of drug-likeness (QED) is 0.727. The zero-order valence-corrected chi connectivity index (χ0v) is 11.9. The molecular weight excluding hydrogens is 270 g/mol. The maximum atomic E-state index is 12.4. The van der Waals surface area contributed by atoms with Crippen LogP contribution in [0.15, 0.2) is 47.6 Å². The lowest BCUT2D eigenvalue weighted by Crippen LogP contribution is -2.00. The van der Waals surface area contributed by atoms with E-state index >= 15 is 0 Å². The molecule has 0 saturated carbocycles. The highest BCUT2D eigenvalue weighted by Gasteiger charge is 2.11. The first kappa shape index (κ1) is 12.9. The van der Waals surface area contributed by atoms with E-state index in [-0.39, 0.29) is 0 Å². The highest BCUT2D eigenvalue weighted by molar-refractivity contribution is 7.84. The fourth-order valence-electron chi connectivity index (χ4n) is 2.09. The number of H-pyrrole nitrogens is 1. The maximum Gasteiger partial charge on any atom is 0.197 e. The number of hydrogen-bond donors (Lipinski definition) is 2. The van der Waals surface area contributed by atoms with Gasteiger partial charge in [-0.1, -0.05) is 24.3 Å². The van der Waals surface area contributed by atoms with E-state index < -0.39 is 10.8 Å². The molecular formula is C15H15N3OS. The Balaban J connectivity index is 1.91. The van der Waals surface area contributed by atoms with Crippen molar-refractivity contribution < 1.29 is 4.21 Å². The average Bonchev–Trinajstić information content (AvgIpc) is 2.84. The van der Waals surface area contributed by atoms with Gasteiger partial charge in [0.25, 0.3) is 0 Å². The van der Waals surface area contributed by atoms with Crippen LogP contribution in [0.25, 0.3) is 11.0 Å². The Hall–Kier alpha value is -2.14. The maximum absolute atomic E-state index is 12.4. The molecule has 0 amide bonds. The SMILES string of the molecule is Cc1ccccc1CS(=O)c1nc2ccc(N)cc2[nH]1. The first-order chi connectivity index (χ1) is 9.63. The van der Waals surface area contributed by atoms with Gasteiger partial charge in [-0.15, -0.1) is 0 Å². The van der Waals surface area contributed by atoms with Crippen molar-refractivity contribution in [1.82, 2.24) is 9.97 Å². The van der Waals surface area contributed by atoms with Gasteiger partial charge in [-0.05, 0) is 36.2 Å². The Bertz CT molecular complexity index is 795. The van der Waals surface area contributed by atoms with Crippen molar-refractivity contribution in [2.24, 2.45) is 0 Å². The van der Waals surface area contributed by atoms with Crippen LogP contribution in [0, 0.1) is 6.92 Å². The summed E-state index contributed by atoms with van der Waals surface area (Å²) in [5.74, 6) is 0.460. The summed E-state index contributed by atoms with van der Waals surface area (Å²) in [6.07, 6.45) is 0. The van der Waals surface area contributed by atoms with E-state index in [2.05, 4.69) is 9.97 Å². The summed E-state index contributed by atoms with van der Waals surface area (Å²) >= 11 is 0. The molecule has 3 rings (SSSR count). The number of nitrogens with zero attached hydrogens (tertiary/aromatic N) is 1. The Morgan fingerprint density at radius 1 is 1.25 bits per heavy atom. The number of aryl methyl sites for hydroxylation is 1. The predicted molar refractivity (Wildman–Crippen MR) is 81.8 cm³/mol. The van der Waals surface area contributed by atoms with E-state index in [1.54, 1.807) is 12.1 Å². The fraction of sp³-hybridized carbons (Fsp3) is 0.133. The molecule has 1 aromatic heterocycles. The van der Waals surface area contributed by atoms with Gasteiger partial charge in [0.2, 0.25) is 0 Å². The second kappa shape index (κ2) is 5.09. The first-order valence-electron chi connectivity index (χ1n) is 6.31. The number of aromatic amines is 1. The van der Waals surface area contributed by atoms with Gasteiger partial charge in [0, 0.05) is 5.69 Å². The molecule has 102 valence electrons. The van der Waals surface area contributed by atoms with Crippen LogP contribution in [0.3, 0.4) is 0 Å². The molecule has 0 aliphatic carbocycles. The van der Waals surface area contributed by atoms with Gasteiger partial charge in [0.15, 0.2) is 5.16 Å². The largest absolute Gasteiger partial charge is 0.399 e. The average molecular weight is 285 g/mol. The number of rotatable bonds is 3. The van der Waals surface area contributed by atoms with Crippen molar-refractivity contribution in [3.63, 3.8) is 0 Å². The second-order valence-corrected chi connectivity index (χ2v) is 6.10. The lowest BCUT2D eigenvalue weighted by molar-refractivity contribution is 0.677. The normalized spacial score (nSPS) is 12.7. The van der Waals surface area contributed by atoms with Gasteiger partial charge in [0.1, 0.15) is 0 Å². The van der Waals surface area contributed by atoms with E-state index in [1.807, 2.05) is 37.3 Å². The van der Waals surface area contributed by atoms with Gasteiger partial charge in [-0.3, -0.25) is 4.21 Å². The van der Waals surface area contributed by atoms with Crippen molar-refractivity contribution in [3.8, 4) is 0 Å². The van der Waals surface area contributed by atoms with E-state index in [0.717, 1.165) is 22.2 Å². The number of nitrogens with one attached hydrogen (secondary N) is 1. The molecule has 4 nitrogen and oxygen atoms in total. The molecule has 0 fully saturated rings. The molecule has 0 bridgehead atoms. The monoisotopic (exact) mass is 285 g/mol. The van der Waals surface area contributed by atoms with Crippen molar-refractivity contribution in [2.75, 3.05) is 5.73 Å². The Labute approximate surface area is 119 Å². The van der Waals surface area contributed by atoms with Crippen molar-refractivity contribution in [1.29, 1.82) is 0 Å². The van der Waals surface area contributed by atoms with Crippen molar-refractivity contribution in [2.45, 2.75) is 17.8 Å². The molecule has 5 heteroatoms. The number of nitrogen functional groups attached to an aromatic ring is 1. The van der Waals surface area contributed by atoms with Crippen LogP contribution in [-0.4, -0.2) is 14.2 Å². The minimum atomic E-state index is -1.19. The van der Waals surface area contributed by atoms with Gasteiger partial charge in [-0.2, -0.15) is 0 Å². The first-order valence-corrected chi connectivity index (χ1v) is 7.63. The zero-order chi connectivity index (χ0) is 14.1. The number of imidazole rings is 1. The molecule has 2 aromatic carbocycles. The number of aromatic nitrogens is 2. The molecule has 0 spiro atoms. The van der Waals surface area contributed by atoms with Crippen LogP contribution >= 0.6 is 0 Å². The zero-order valence-electron chi connectivity index (χ0n) is 11.1. The van der Waals surface area contributed by atoms with Crippen LogP contribution in [0.4, 0.5) is 5.69 Å². The summed E-state index contributed by atoms with van der Waals surface area (Å²) in [5, 5.41) is 0.494. The highest BCUT2D eigenvalue weighted by atomic mass is 32.2. The van der Waals surface area contributed by atoms with Gasteiger partial charge in [0.05, 0.1) is 27.6 Å². The predicted octanol–water partition coefficient (Wildman–Crippen LogP) is 2.76. The van der Waals surface area contributed by atoms with Crippen LogP contribution < -0.4 is 5.73 Å². The number of hydrogen-bond acceptors (Lipinski definition) is 3. The number of benzene rings is 2. The molecule has 1 unspecified atom stereocenters. The molecule has 1 atom stereocenters. The van der Waals surface area contributed by atoms with E-state index in [9.17, 15) is 4.21 Å². The van der Waals surface area contributed by atoms with Gasteiger partial charge >= 0.3 is 0 Å². The number of fused-ring (bicyclic) bond motifs is 1. The lowest BCUT2D eigenvalue weighted by Gasteiger charge is -2.03. The smallest absolute Gasteiger partial charge is 0.197 e. The summed E-state index contributed by atoms with van der Waals surface area (Å²) in [4.78, 5) is 7.45. The number of nitrogens with two attached hydrogens (primary N) is 1. The van der Waals surface area contributed by atoms with E-state index in [0.29, 0.717) is 16.6 Å². The van der Waals surface area contributed by atoms with Gasteiger partial charge < -0.3 is 10.7 Å². The Morgan fingerprint density at radius 3 is 2.85 bits per heavy atom. The minimum Gasteiger partial charge on any atom is -0.399 e. The molecule has 20 heavy (non-hydrogen) atoms. The Morgan fingerprint density at radius 2 is 2.05 bits per heavy atom. The minimum absolute atomic E-state index is 0.460. The summed E-state index contributed by atoms with van der Waals surface area (Å²) in [6.45, 7) is 2.02. The van der Waals surface area contributed by atoms with Crippen molar-refractivity contribution in [3.05, 3.63) is 53.6 Å². The molecule has 0 aliphatic rings. The van der Waals surface area contributed by atoms with Crippen LogP contribution in [-0.2, 0) is 16.6 Å². The van der Waals surface area contributed by atoms with E-state index in [1.165, 1.54) is 0 Å². The standard InChI is InChI=1S/C15H15N3OS/c1-10-4-2-3-5-11(10)9-20(19)15-17-13-7-6-12(16)8-14(13)18-15/h2-8H,9,16H2,1H3,(H,17,18). The van der Waals surface area contributed by atoms with Crippen LogP contribution in [0.1, 0.15) is 11.1 Å². The molecule has 3 aromatic rings. The highest BCUT2D eigenvalue weighted by Crippen LogP contribution is 2.19. The topological polar surface area (TPSA) is 71.8 Å². The third kappa shape index (κ3) is 2.44. The Kier molecular flexibility index (Phi) is 3.28. The summed E-state index contributed by atoms with van der Waals surface area (Å²) < 4.78 is 12.4. The summed E-state index contributed by atoms with van der Waals surface area (Å²) in [7, 11) is -1.19. The third-order valence-electron chi connectivity index (χ3n) is 3.25. The molecule has 0 saturated heterocycles. The van der Waals surface area contributed by atoms with Crippen LogP contribution in [0.5, 0.6) is 0 Å². The molecule has 1 heterocycles.